The number of aliphatic hydroxyl groups is 1. The summed E-state index contributed by atoms with van der Waals surface area (Å²) in [5, 5.41) is 9.29. The summed E-state index contributed by atoms with van der Waals surface area (Å²) in [7, 11) is -0.903. The third kappa shape index (κ3) is 5.21. The van der Waals surface area contributed by atoms with Crippen molar-refractivity contribution in [1.82, 2.24) is 4.72 Å². The molecular formula is C13H25NO6S. The van der Waals surface area contributed by atoms with Crippen molar-refractivity contribution in [2.24, 2.45) is 5.92 Å². The fraction of sp³-hybridized carbons (Fsp3) is 0.923. The molecule has 3 atom stereocenters. The molecule has 0 bridgehead atoms. The summed E-state index contributed by atoms with van der Waals surface area (Å²) in [6.45, 7) is 1.77. The fourth-order valence-electron chi connectivity index (χ4n) is 2.49. The van der Waals surface area contributed by atoms with Crippen LogP contribution in [0.2, 0.25) is 0 Å². The summed E-state index contributed by atoms with van der Waals surface area (Å²) < 4.78 is 36.6. The van der Waals surface area contributed by atoms with E-state index >= 15 is 0 Å². The Morgan fingerprint density at radius 3 is 2.62 bits per heavy atom. The SMILES string of the molecule is COCCC(C)(O)CNS(=O)(=O)C1CCCC1C(=O)OC. The maximum Gasteiger partial charge on any atom is 0.310 e. The summed E-state index contributed by atoms with van der Waals surface area (Å²) in [5.74, 6) is -1.12. The first-order valence-electron chi connectivity index (χ1n) is 7.01. The van der Waals surface area contributed by atoms with Crippen molar-refractivity contribution in [2.75, 3.05) is 27.4 Å². The molecule has 21 heavy (non-hydrogen) atoms. The fourth-order valence-corrected chi connectivity index (χ4v) is 4.37. The first-order chi connectivity index (χ1) is 9.73. The van der Waals surface area contributed by atoms with Crippen molar-refractivity contribution in [3.8, 4) is 0 Å². The first-order valence-corrected chi connectivity index (χ1v) is 8.56. The van der Waals surface area contributed by atoms with Crippen molar-refractivity contribution >= 4 is 16.0 Å². The van der Waals surface area contributed by atoms with Crippen LogP contribution < -0.4 is 4.72 Å². The zero-order valence-electron chi connectivity index (χ0n) is 12.8. The Hall–Kier alpha value is -0.700. The Balaban J connectivity index is 2.66. The second-order valence-electron chi connectivity index (χ2n) is 5.70. The average molecular weight is 323 g/mol. The highest BCUT2D eigenvalue weighted by atomic mass is 32.2. The average Bonchev–Trinajstić information content (AvgIpc) is 2.93. The number of esters is 1. The van der Waals surface area contributed by atoms with Gasteiger partial charge in [0, 0.05) is 26.7 Å². The molecule has 7 nitrogen and oxygen atoms in total. The molecule has 0 saturated heterocycles. The highest BCUT2D eigenvalue weighted by Crippen LogP contribution is 2.31. The Labute approximate surface area is 126 Å². The number of sulfonamides is 1. The van der Waals surface area contributed by atoms with Crippen LogP contribution in [0.4, 0.5) is 0 Å². The van der Waals surface area contributed by atoms with Crippen LogP contribution in [0.25, 0.3) is 0 Å². The summed E-state index contributed by atoms with van der Waals surface area (Å²) in [6, 6.07) is 0. The van der Waals surface area contributed by atoms with Gasteiger partial charge in [0.1, 0.15) is 0 Å². The lowest BCUT2D eigenvalue weighted by molar-refractivity contribution is -0.145. The van der Waals surface area contributed by atoms with Gasteiger partial charge in [0.2, 0.25) is 10.0 Å². The minimum absolute atomic E-state index is 0.108. The van der Waals surface area contributed by atoms with E-state index < -0.39 is 32.8 Å². The third-order valence-electron chi connectivity index (χ3n) is 3.85. The zero-order valence-corrected chi connectivity index (χ0v) is 13.6. The molecule has 2 N–H and O–H groups in total. The van der Waals surface area contributed by atoms with Gasteiger partial charge < -0.3 is 14.6 Å². The Bertz CT molecular complexity index is 448. The maximum atomic E-state index is 12.3. The molecule has 8 heteroatoms. The van der Waals surface area contributed by atoms with Gasteiger partial charge in [-0.05, 0) is 19.8 Å². The highest BCUT2D eigenvalue weighted by Gasteiger charge is 2.42. The lowest BCUT2D eigenvalue weighted by Crippen LogP contribution is -2.46. The number of methoxy groups -OCH3 is 2. The number of carbonyl (C=O) groups is 1. The molecule has 1 saturated carbocycles. The molecule has 1 aliphatic rings. The molecule has 0 heterocycles. The van der Waals surface area contributed by atoms with Crippen LogP contribution in [0.15, 0.2) is 0 Å². The van der Waals surface area contributed by atoms with E-state index in [-0.39, 0.29) is 6.54 Å². The second-order valence-corrected chi connectivity index (χ2v) is 7.69. The minimum Gasteiger partial charge on any atom is -0.469 e. The molecule has 124 valence electrons. The molecule has 0 aromatic heterocycles. The number of hydrogen-bond acceptors (Lipinski definition) is 6. The molecule has 1 aliphatic carbocycles. The van der Waals surface area contributed by atoms with Gasteiger partial charge in [0.15, 0.2) is 0 Å². The Morgan fingerprint density at radius 2 is 2.05 bits per heavy atom. The molecule has 0 radical (unpaired) electrons. The van der Waals surface area contributed by atoms with Crippen molar-refractivity contribution < 1.29 is 27.8 Å². The van der Waals surface area contributed by atoms with E-state index in [1.54, 1.807) is 6.92 Å². The van der Waals surface area contributed by atoms with Crippen LogP contribution in [-0.4, -0.2) is 57.7 Å². The Kier molecular flexibility index (Phi) is 6.58. The number of rotatable bonds is 8. The van der Waals surface area contributed by atoms with Crippen LogP contribution in [-0.2, 0) is 24.3 Å². The van der Waals surface area contributed by atoms with E-state index in [0.717, 1.165) is 0 Å². The summed E-state index contributed by atoms with van der Waals surface area (Å²) in [5.41, 5.74) is -1.19. The van der Waals surface area contributed by atoms with Gasteiger partial charge >= 0.3 is 5.97 Å². The maximum absolute atomic E-state index is 12.3. The van der Waals surface area contributed by atoms with Gasteiger partial charge in [-0.15, -0.1) is 0 Å². The van der Waals surface area contributed by atoms with Crippen molar-refractivity contribution in [2.45, 2.75) is 43.5 Å². The highest BCUT2D eigenvalue weighted by molar-refractivity contribution is 7.90. The van der Waals surface area contributed by atoms with Crippen LogP contribution in [0, 0.1) is 5.92 Å². The molecule has 1 fully saturated rings. The molecule has 0 aliphatic heterocycles. The van der Waals surface area contributed by atoms with E-state index in [1.165, 1.54) is 14.2 Å². The molecule has 3 unspecified atom stereocenters. The van der Waals surface area contributed by atoms with Crippen LogP contribution in [0.1, 0.15) is 32.6 Å². The molecule has 0 amide bonds. The lowest BCUT2D eigenvalue weighted by Gasteiger charge is -2.25. The van der Waals surface area contributed by atoms with Gasteiger partial charge in [0.25, 0.3) is 0 Å². The molecule has 0 spiro atoms. The van der Waals surface area contributed by atoms with E-state index in [9.17, 15) is 18.3 Å². The zero-order chi connectivity index (χ0) is 16.1. The number of ether oxygens (including phenoxy) is 2. The van der Waals surface area contributed by atoms with E-state index in [1.807, 2.05) is 0 Å². The quantitative estimate of drug-likeness (QED) is 0.611. The predicted octanol–water partition coefficient (Wildman–Crippen LogP) is 0.0350. The standard InChI is InChI=1S/C13H25NO6S/c1-13(16,7-8-19-2)9-14-21(17,18)11-6-4-5-10(11)12(15)20-3/h10-11,14,16H,4-9H2,1-3H3. The van der Waals surface area contributed by atoms with Crippen LogP contribution >= 0.6 is 0 Å². The summed E-state index contributed by atoms with van der Waals surface area (Å²) in [4.78, 5) is 11.6. The first kappa shape index (κ1) is 18.3. The van der Waals surface area contributed by atoms with Gasteiger partial charge in [-0.3, -0.25) is 4.79 Å². The number of hydrogen-bond donors (Lipinski definition) is 2. The molecule has 0 aromatic rings. The third-order valence-corrected chi connectivity index (χ3v) is 5.76. The van der Waals surface area contributed by atoms with Crippen molar-refractivity contribution in [1.29, 1.82) is 0 Å². The lowest BCUT2D eigenvalue weighted by atomic mass is 10.0. The predicted molar refractivity (Wildman–Crippen MR) is 77.2 cm³/mol. The normalized spacial score (nSPS) is 25.5. The second kappa shape index (κ2) is 7.53. The molecular weight excluding hydrogens is 298 g/mol. The van der Waals surface area contributed by atoms with E-state index in [0.29, 0.717) is 32.3 Å². The van der Waals surface area contributed by atoms with Crippen LogP contribution in [0.3, 0.4) is 0 Å². The van der Waals surface area contributed by atoms with Crippen molar-refractivity contribution in [3.63, 3.8) is 0 Å². The van der Waals surface area contributed by atoms with E-state index in [4.69, 9.17) is 4.74 Å². The monoisotopic (exact) mass is 323 g/mol. The van der Waals surface area contributed by atoms with Gasteiger partial charge in [-0.25, -0.2) is 13.1 Å². The molecule has 0 aromatic carbocycles. The largest absolute Gasteiger partial charge is 0.469 e. The topological polar surface area (TPSA) is 102 Å². The number of carbonyl (C=O) groups excluding carboxylic acids is 1. The molecule has 1 rings (SSSR count). The van der Waals surface area contributed by atoms with Gasteiger partial charge in [-0.2, -0.15) is 0 Å². The van der Waals surface area contributed by atoms with Crippen LogP contribution in [0.5, 0.6) is 0 Å². The Morgan fingerprint density at radius 1 is 1.38 bits per heavy atom. The summed E-state index contributed by atoms with van der Waals surface area (Å²) >= 11 is 0. The number of nitrogens with one attached hydrogen (secondary N) is 1. The van der Waals surface area contributed by atoms with Gasteiger partial charge in [0.05, 0.1) is 23.9 Å². The minimum atomic E-state index is -3.67. The smallest absolute Gasteiger partial charge is 0.310 e. The van der Waals surface area contributed by atoms with Crippen molar-refractivity contribution in [3.05, 3.63) is 0 Å². The summed E-state index contributed by atoms with van der Waals surface area (Å²) in [6.07, 6.45) is 1.93. The van der Waals surface area contributed by atoms with Gasteiger partial charge in [-0.1, -0.05) is 6.42 Å². The van der Waals surface area contributed by atoms with E-state index in [2.05, 4.69) is 9.46 Å².